The number of aliphatic hydroxyl groups excluding tert-OH is 1. The maximum absolute atomic E-state index is 8.86. The van der Waals surface area contributed by atoms with E-state index in [0.717, 1.165) is 22.8 Å². The monoisotopic (exact) mass is 319 g/mol. The first-order valence-corrected chi connectivity index (χ1v) is 7.63. The Bertz CT molecular complexity index is 594. The van der Waals surface area contributed by atoms with Gasteiger partial charge in [0, 0.05) is 24.9 Å². The molecule has 118 valence electrons. The molecule has 0 aliphatic heterocycles. The Morgan fingerprint density at radius 1 is 1.41 bits per heavy atom. The van der Waals surface area contributed by atoms with Crippen LogP contribution in [0.2, 0.25) is 0 Å². The van der Waals surface area contributed by atoms with Gasteiger partial charge in [-0.2, -0.15) is 0 Å². The van der Waals surface area contributed by atoms with Gasteiger partial charge in [0.15, 0.2) is 5.11 Å². The minimum Gasteiger partial charge on any atom is -0.464 e. The zero-order valence-corrected chi connectivity index (χ0v) is 13.6. The van der Waals surface area contributed by atoms with Crippen LogP contribution in [0.15, 0.2) is 34.9 Å². The molecule has 5 nitrogen and oxygen atoms in total. The Hall–Kier alpha value is -1.92. The van der Waals surface area contributed by atoms with Crippen LogP contribution in [0.4, 0.5) is 0 Å². The summed E-state index contributed by atoms with van der Waals surface area (Å²) in [6, 6.07) is 7.73. The molecule has 2 aromatic rings. The zero-order chi connectivity index (χ0) is 15.9. The van der Waals surface area contributed by atoms with E-state index in [9.17, 15) is 0 Å². The van der Waals surface area contributed by atoms with Crippen LogP contribution in [0.1, 0.15) is 28.8 Å². The van der Waals surface area contributed by atoms with Crippen molar-refractivity contribution in [2.24, 2.45) is 0 Å². The van der Waals surface area contributed by atoms with Gasteiger partial charge in [0.05, 0.1) is 12.6 Å². The van der Waals surface area contributed by atoms with Crippen LogP contribution in [0.25, 0.3) is 0 Å². The van der Waals surface area contributed by atoms with Crippen molar-refractivity contribution in [3.8, 4) is 0 Å². The summed E-state index contributed by atoms with van der Waals surface area (Å²) in [5.74, 6) is 1.73. The second-order valence-corrected chi connectivity index (χ2v) is 5.50. The smallest absolute Gasteiger partial charge is 0.166 e. The Morgan fingerprint density at radius 3 is 2.82 bits per heavy atom. The first-order chi connectivity index (χ1) is 10.6. The third-order valence-electron chi connectivity index (χ3n) is 3.37. The lowest BCUT2D eigenvalue weighted by molar-refractivity contribution is 0.300. The van der Waals surface area contributed by atoms with E-state index in [4.69, 9.17) is 21.7 Å². The fourth-order valence-corrected chi connectivity index (χ4v) is 2.35. The molecule has 0 aromatic carbocycles. The van der Waals surface area contributed by atoms with E-state index < -0.39 is 0 Å². The fraction of sp³-hybridized carbons (Fsp3) is 0.375. The van der Waals surface area contributed by atoms with E-state index in [2.05, 4.69) is 15.6 Å². The van der Waals surface area contributed by atoms with Gasteiger partial charge in [0.2, 0.25) is 0 Å². The summed E-state index contributed by atoms with van der Waals surface area (Å²) in [7, 11) is 0. The van der Waals surface area contributed by atoms with Gasteiger partial charge >= 0.3 is 0 Å². The predicted molar refractivity (Wildman–Crippen MR) is 89.7 cm³/mol. The van der Waals surface area contributed by atoms with Gasteiger partial charge < -0.3 is 20.2 Å². The van der Waals surface area contributed by atoms with Crippen molar-refractivity contribution in [1.29, 1.82) is 0 Å². The van der Waals surface area contributed by atoms with Crippen molar-refractivity contribution in [2.45, 2.75) is 26.3 Å². The average molecular weight is 319 g/mol. The number of aliphatic hydroxyl groups is 1. The quantitative estimate of drug-likeness (QED) is 0.708. The van der Waals surface area contributed by atoms with E-state index in [1.807, 2.05) is 38.1 Å². The summed E-state index contributed by atoms with van der Waals surface area (Å²) in [5, 5.41) is 15.5. The van der Waals surface area contributed by atoms with Crippen LogP contribution in [0, 0.1) is 13.8 Å². The maximum atomic E-state index is 8.86. The first-order valence-electron chi connectivity index (χ1n) is 7.22. The lowest BCUT2D eigenvalue weighted by Gasteiger charge is -2.18. The number of rotatable bonds is 6. The number of pyridine rings is 1. The second-order valence-electron chi connectivity index (χ2n) is 5.09. The number of hydrogen-bond acceptors (Lipinski definition) is 4. The lowest BCUT2D eigenvalue weighted by Crippen LogP contribution is -2.39. The zero-order valence-electron chi connectivity index (χ0n) is 12.8. The van der Waals surface area contributed by atoms with Gasteiger partial charge in [-0.3, -0.25) is 4.98 Å². The maximum Gasteiger partial charge on any atom is 0.166 e. The molecule has 0 radical (unpaired) electrons. The van der Waals surface area contributed by atoms with Gasteiger partial charge in [-0.05, 0) is 49.8 Å². The molecule has 3 N–H and O–H groups in total. The van der Waals surface area contributed by atoms with E-state index in [1.165, 1.54) is 0 Å². The van der Waals surface area contributed by atoms with E-state index in [1.54, 1.807) is 6.20 Å². The van der Waals surface area contributed by atoms with Gasteiger partial charge in [-0.1, -0.05) is 6.07 Å². The number of nitrogens with zero attached hydrogens (tertiary/aromatic N) is 1. The highest BCUT2D eigenvalue weighted by Crippen LogP contribution is 2.23. The molecule has 1 atom stereocenters. The van der Waals surface area contributed by atoms with Gasteiger partial charge in [0.25, 0.3) is 0 Å². The van der Waals surface area contributed by atoms with E-state index in [0.29, 0.717) is 18.1 Å². The Labute approximate surface area is 135 Å². The largest absolute Gasteiger partial charge is 0.464 e. The highest BCUT2D eigenvalue weighted by Gasteiger charge is 2.19. The minimum atomic E-state index is -0.110. The van der Waals surface area contributed by atoms with Gasteiger partial charge in [0.1, 0.15) is 11.5 Å². The molecule has 0 aliphatic carbocycles. The SMILES string of the molecule is Cc1cc(C(Cc2ccccn2)NC(=S)NCCO)oc1C. The molecule has 0 amide bonds. The summed E-state index contributed by atoms with van der Waals surface area (Å²) in [4.78, 5) is 4.36. The summed E-state index contributed by atoms with van der Waals surface area (Å²) in [5.41, 5.74) is 2.06. The van der Waals surface area contributed by atoms with E-state index in [-0.39, 0.29) is 12.6 Å². The van der Waals surface area contributed by atoms with Crippen molar-refractivity contribution >= 4 is 17.3 Å². The summed E-state index contributed by atoms with van der Waals surface area (Å²) in [6.07, 6.45) is 2.43. The number of thiocarbonyl (C=S) groups is 1. The van der Waals surface area contributed by atoms with Crippen LogP contribution in [-0.2, 0) is 6.42 Å². The molecular formula is C16H21N3O2S. The van der Waals surface area contributed by atoms with Crippen LogP contribution < -0.4 is 10.6 Å². The normalized spacial score (nSPS) is 12.0. The van der Waals surface area contributed by atoms with Gasteiger partial charge in [-0.15, -0.1) is 0 Å². The molecule has 0 aliphatic rings. The topological polar surface area (TPSA) is 70.3 Å². The van der Waals surface area contributed by atoms with Crippen LogP contribution in [0.5, 0.6) is 0 Å². The Morgan fingerprint density at radius 2 is 2.23 bits per heavy atom. The molecule has 0 spiro atoms. The predicted octanol–water partition coefficient (Wildman–Crippen LogP) is 2.03. The van der Waals surface area contributed by atoms with E-state index >= 15 is 0 Å². The Balaban J connectivity index is 2.14. The molecule has 0 saturated carbocycles. The summed E-state index contributed by atoms with van der Waals surface area (Å²) < 4.78 is 5.83. The highest BCUT2D eigenvalue weighted by molar-refractivity contribution is 7.80. The number of furan rings is 1. The van der Waals surface area contributed by atoms with Crippen molar-refractivity contribution < 1.29 is 9.52 Å². The molecule has 2 rings (SSSR count). The van der Waals surface area contributed by atoms with Crippen LogP contribution in [-0.4, -0.2) is 28.4 Å². The minimum absolute atomic E-state index is 0.0334. The molecule has 0 bridgehead atoms. The van der Waals surface area contributed by atoms with Crippen LogP contribution in [0.3, 0.4) is 0 Å². The van der Waals surface area contributed by atoms with Crippen LogP contribution >= 0.6 is 12.2 Å². The second kappa shape index (κ2) is 7.91. The average Bonchev–Trinajstić information content (AvgIpc) is 2.85. The standard InChI is InChI=1S/C16H21N3O2S/c1-11-9-15(21-12(11)2)14(19-16(22)18-7-8-20)10-13-5-3-4-6-17-13/h3-6,9,14,20H,7-8,10H2,1-2H3,(H2,18,19,22). The third kappa shape index (κ3) is 4.54. The molecule has 6 heteroatoms. The van der Waals surface area contributed by atoms with Gasteiger partial charge in [-0.25, -0.2) is 0 Å². The molecule has 2 aromatic heterocycles. The molecule has 1 unspecified atom stereocenters. The van der Waals surface area contributed by atoms with Crippen molar-refractivity contribution in [2.75, 3.05) is 13.2 Å². The molecular weight excluding hydrogens is 298 g/mol. The molecule has 22 heavy (non-hydrogen) atoms. The van der Waals surface area contributed by atoms with Crippen molar-refractivity contribution in [3.05, 3.63) is 53.2 Å². The first kappa shape index (κ1) is 16.5. The molecule has 2 heterocycles. The van der Waals surface area contributed by atoms with Crippen molar-refractivity contribution in [1.82, 2.24) is 15.6 Å². The number of aromatic nitrogens is 1. The number of aryl methyl sites for hydroxylation is 2. The fourth-order valence-electron chi connectivity index (χ4n) is 2.10. The summed E-state index contributed by atoms with van der Waals surface area (Å²) in [6.45, 7) is 4.41. The van der Waals surface area contributed by atoms with Crippen molar-refractivity contribution in [3.63, 3.8) is 0 Å². The number of hydrogen-bond donors (Lipinski definition) is 3. The summed E-state index contributed by atoms with van der Waals surface area (Å²) >= 11 is 5.26. The lowest BCUT2D eigenvalue weighted by atomic mass is 10.1. The molecule has 0 fully saturated rings. The third-order valence-corrected chi connectivity index (χ3v) is 3.63. The molecule has 0 saturated heterocycles. The highest BCUT2D eigenvalue weighted by atomic mass is 32.1. The number of nitrogens with one attached hydrogen (secondary N) is 2. The Kier molecular flexibility index (Phi) is 5.91.